The molecule has 2 aromatic rings. The van der Waals surface area contributed by atoms with Gasteiger partial charge in [0, 0.05) is 31.4 Å². The van der Waals surface area contributed by atoms with Crippen LogP contribution < -0.4 is 0 Å². The molecule has 0 saturated carbocycles. The summed E-state index contributed by atoms with van der Waals surface area (Å²) in [5.74, 6) is 1.68. The van der Waals surface area contributed by atoms with Gasteiger partial charge >= 0.3 is 0 Å². The number of aromatic amines is 1. The third-order valence-corrected chi connectivity index (χ3v) is 2.85. The fourth-order valence-electron chi connectivity index (χ4n) is 2.07. The molecule has 0 aliphatic carbocycles. The van der Waals surface area contributed by atoms with Gasteiger partial charge in [-0.3, -0.25) is 0 Å². The molecule has 0 bridgehead atoms. The highest BCUT2D eigenvalue weighted by molar-refractivity contribution is 5.43. The summed E-state index contributed by atoms with van der Waals surface area (Å²) < 4.78 is 7.71. The van der Waals surface area contributed by atoms with E-state index >= 15 is 0 Å². The average molecular weight is 218 g/mol. The van der Waals surface area contributed by atoms with Gasteiger partial charge < -0.3 is 14.3 Å². The second-order valence-electron chi connectivity index (χ2n) is 3.98. The summed E-state index contributed by atoms with van der Waals surface area (Å²) in [7, 11) is 0. The van der Waals surface area contributed by atoms with Crippen molar-refractivity contribution in [2.45, 2.75) is 25.5 Å². The maximum atomic E-state index is 5.62. The van der Waals surface area contributed by atoms with E-state index in [0.717, 1.165) is 37.6 Å². The van der Waals surface area contributed by atoms with Gasteiger partial charge in [0.1, 0.15) is 0 Å². The number of aromatic nitrogens is 4. The number of hydrogen-bond acceptors (Lipinski definition) is 3. The lowest BCUT2D eigenvalue weighted by molar-refractivity contribution is 0.0973. The Morgan fingerprint density at radius 1 is 1.44 bits per heavy atom. The minimum atomic E-state index is 0.322. The van der Waals surface area contributed by atoms with Crippen molar-refractivity contribution in [3.8, 4) is 11.6 Å². The number of imidazole rings is 2. The van der Waals surface area contributed by atoms with Crippen LogP contribution >= 0.6 is 0 Å². The van der Waals surface area contributed by atoms with E-state index in [0.29, 0.717) is 6.10 Å². The van der Waals surface area contributed by atoms with Gasteiger partial charge in [-0.05, 0) is 12.8 Å². The van der Waals surface area contributed by atoms with E-state index in [1.54, 1.807) is 18.6 Å². The molecule has 5 heteroatoms. The average Bonchev–Trinajstić information content (AvgIpc) is 2.98. The highest BCUT2D eigenvalue weighted by Gasteiger charge is 2.18. The standard InChI is InChI=1S/C11H14N4O/c1-2-9(16-7-1)8-15-6-5-14-11(15)10-12-3-4-13-10/h3-6,9H,1-2,7-8H2,(H,12,13). The molecular formula is C11H14N4O. The molecule has 1 fully saturated rings. The smallest absolute Gasteiger partial charge is 0.176 e. The summed E-state index contributed by atoms with van der Waals surface area (Å²) in [4.78, 5) is 11.6. The Balaban J connectivity index is 1.82. The van der Waals surface area contributed by atoms with E-state index in [-0.39, 0.29) is 0 Å². The van der Waals surface area contributed by atoms with E-state index in [2.05, 4.69) is 19.5 Å². The molecular weight excluding hydrogens is 204 g/mol. The quantitative estimate of drug-likeness (QED) is 0.848. The van der Waals surface area contributed by atoms with Crippen molar-refractivity contribution in [3.63, 3.8) is 0 Å². The van der Waals surface area contributed by atoms with Crippen molar-refractivity contribution < 1.29 is 4.74 Å². The Kier molecular flexibility index (Phi) is 2.46. The van der Waals surface area contributed by atoms with Crippen molar-refractivity contribution in [1.29, 1.82) is 0 Å². The van der Waals surface area contributed by atoms with E-state index in [1.807, 2.05) is 6.20 Å². The van der Waals surface area contributed by atoms with Crippen LogP contribution in [0.1, 0.15) is 12.8 Å². The van der Waals surface area contributed by atoms with E-state index in [9.17, 15) is 0 Å². The second-order valence-corrected chi connectivity index (χ2v) is 3.98. The lowest BCUT2D eigenvalue weighted by atomic mass is 10.2. The Labute approximate surface area is 93.5 Å². The topological polar surface area (TPSA) is 55.7 Å². The Hall–Kier alpha value is -1.62. The first-order valence-corrected chi connectivity index (χ1v) is 5.56. The van der Waals surface area contributed by atoms with Crippen molar-refractivity contribution in [2.75, 3.05) is 6.61 Å². The number of hydrogen-bond donors (Lipinski definition) is 1. The van der Waals surface area contributed by atoms with Gasteiger partial charge in [0.15, 0.2) is 11.6 Å². The fourth-order valence-corrected chi connectivity index (χ4v) is 2.07. The highest BCUT2D eigenvalue weighted by atomic mass is 16.5. The third kappa shape index (κ3) is 1.74. The Morgan fingerprint density at radius 2 is 2.44 bits per heavy atom. The molecule has 16 heavy (non-hydrogen) atoms. The minimum Gasteiger partial charge on any atom is -0.376 e. The molecule has 1 atom stereocenters. The summed E-state index contributed by atoms with van der Waals surface area (Å²) in [5, 5.41) is 0. The molecule has 2 aromatic heterocycles. The zero-order valence-electron chi connectivity index (χ0n) is 8.97. The van der Waals surface area contributed by atoms with Crippen LogP contribution in [0, 0.1) is 0 Å². The van der Waals surface area contributed by atoms with Crippen LogP contribution in [0.3, 0.4) is 0 Å². The maximum Gasteiger partial charge on any atom is 0.176 e. The lowest BCUT2D eigenvalue weighted by Crippen LogP contribution is -2.15. The summed E-state index contributed by atoms with van der Waals surface area (Å²) in [6.07, 6.45) is 9.93. The van der Waals surface area contributed by atoms with Gasteiger partial charge in [0.25, 0.3) is 0 Å². The predicted octanol–water partition coefficient (Wildman–Crippen LogP) is 1.45. The number of H-pyrrole nitrogens is 1. The monoisotopic (exact) mass is 218 g/mol. The zero-order valence-corrected chi connectivity index (χ0v) is 8.97. The molecule has 1 N–H and O–H groups in total. The molecule has 1 saturated heterocycles. The molecule has 0 spiro atoms. The van der Waals surface area contributed by atoms with Gasteiger partial charge in [-0.25, -0.2) is 9.97 Å². The summed E-state index contributed by atoms with van der Waals surface area (Å²) in [6, 6.07) is 0. The first kappa shape index (κ1) is 9.59. The molecule has 0 amide bonds. The SMILES string of the molecule is c1c[nH]c(-c2nccn2CC2CCCO2)n1. The van der Waals surface area contributed by atoms with Crippen LogP contribution in [-0.2, 0) is 11.3 Å². The van der Waals surface area contributed by atoms with Gasteiger partial charge in [0.05, 0.1) is 12.6 Å². The summed E-state index contributed by atoms with van der Waals surface area (Å²) in [5.41, 5.74) is 0. The van der Waals surface area contributed by atoms with Crippen molar-refractivity contribution in [1.82, 2.24) is 19.5 Å². The number of ether oxygens (including phenoxy) is 1. The second kappa shape index (κ2) is 4.09. The Bertz CT molecular complexity index is 442. The highest BCUT2D eigenvalue weighted by Crippen LogP contribution is 2.18. The summed E-state index contributed by atoms with van der Waals surface area (Å²) in [6.45, 7) is 1.74. The van der Waals surface area contributed by atoms with E-state index < -0.39 is 0 Å². The number of rotatable bonds is 3. The first-order chi connectivity index (χ1) is 7.93. The molecule has 1 unspecified atom stereocenters. The van der Waals surface area contributed by atoms with Gasteiger partial charge in [0.2, 0.25) is 0 Å². The van der Waals surface area contributed by atoms with Gasteiger partial charge in [-0.2, -0.15) is 0 Å². The van der Waals surface area contributed by atoms with Crippen molar-refractivity contribution in [3.05, 3.63) is 24.8 Å². The molecule has 0 radical (unpaired) electrons. The van der Waals surface area contributed by atoms with Crippen LogP contribution in [0.25, 0.3) is 11.6 Å². The molecule has 1 aliphatic rings. The Morgan fingerprint density at radius 3 is 3.19 bits per heavy atom. The predicted molar refractivity (Wildman–Crippen MR) is 58.8 cm³/mol. The normalized spacial score (nSPS) is 20.4. The van der Waals surface area contributed by atoms with Crippen LogP contribution in [-0.4, -0.2) is 32.2 Å². The first-order valence-electron chi connectivity index (χ1n) is 5.56. The zero-order chi connectivity index (χ0) is 10.8. The van der Waals surface area contributed by atoms with Gasteiger partial charge in [-0.15, -0.1) is 0 Å². The third-order valence-electron chi connectivity index (χ3n) is 2.85. The fraction of sp³-hybridized carbons (Fsp3) is 0.455. The van der Waals surface area contributed by atoms with Crippen molar-refractivity contribution >= 4 is 0 Å². The van der Waals surface area contributed by atoms with Gasteiger partial charge in [-0.1, -0.05) is 0 Å². The summed E-state index contributed by atoms with van der Waals surface area (Å²) >= 11 is 0. The molecule has 1 aliphatic heterocycles. The van der Waals surface area contributed by atoms with Crippen LogP contribution in [0.2, 0.25) is 0 Å². The van der Waals surface area contributed by atoms with Crippen LogP contribution in [0.4, 0.5) is 0 Å². The maximum absolute atomic E-state index is 5.62. The lowest BCUT2D eigenvalue weighted by Gasteiger charge is -2.11. The molecule has 3 heterocycles. The minimum absolute atomic E-state index is 0.322. The largest absolute Gasteiger partial charge is 0.376 e. The number of nitrogens with zero attached hydrogens (tertiary/aromatic N) is 3. The van der Waals surface area contributed by atoms with E-state index in [4.69, 9.17) is 4.74 Å². The molecule has 0 aromatic carbocycles. The molecule has 5 nitrogen and oxygen atoms in total. The van der Waals surface area contributed by atoms with E-state index in [1.165, 1.54) is 0 Å². The van der Waals surface area contributed by atoms with Crippen molar-refractivity contribution in [2.24, 2.45) is 0 Å². The molecule has 3 rings (SSSR count). The number of nitrogens with one attached hydrogen (secondary N) is 1. The molecule has 84 valence electrons. The van der Waals surface area contributed by atoms with Crippen LogP contribution in [0.5, 0.6) is 0 Å². The van der Waals surface area contributed by atoms with Crippen LogP contribution in [0.15, 0.2) is 24.8 Å².